The lowest BCUT2D eigenvalue weighted by molar-refractivity contribution is 0.143. The first kappa shape index (κ1) is 18.8. The predicted octanol–water partition coefficient (Wildman–Crippen LogP) is 4.35. The number of nitrogens with zero attached hydrogens (tertiary/aromatic N) is 2. The smallest absolute Gasteiger partial charge is 0.321 e. The van der Waals surface area contributed by atoms with E-state index in [2.05, 4.69) is 16.3 Å². The minimum absolute atomic E-state index is 0.157. The normalized spacial score (nSPS) is 15.0. The molecule has 1 aliphatic rings. The second kappa shape index (κ2) is 8.62. The zero-order valence-electron chi connectivity index (χ0n) is 14.5. The Balaban J connectivity index is 1.53. The van der Waals surface area contributed by atoms with Gasteiger partial charge in [-0.25, -0.2) is 4.79 Å². The van der Waals surface area contributed by atoms with Crippen LogP contribution in [-0.4, -0.2) is 49.1 Å². The fourth-order valence-electron chi connectivity index (χ4n) is 2.93. The largest absolute Gasteiger partial charge is 0.497 e. The number of ether oxygens (including phenoxy) is 1. The molecule has 0 saturated carbocycles. The van der Waals surface area contributed by atoms with Crippen LogP contribution in [0.3, 0.4) is 0 Å². The number of nitrogens with one attached hydrogen (secondary N) is 1. The Morgan fingerprint density at radius 1 is 1.12 bits per heavy atom. The third-order valence-electron chi connectivity index (χ3n) is 4.39. The van der Waals surface area contributed by atoms with Crippen LogP contribution in [0.1, 0.15) is 5.56 Å². The molecule has 0 unspecified atom stereocenters. The molecule has 7 heteroatoms. The Morgan fingerprint density at radius 2 is 1.85 bits per heavy atom. The summed E-state index contributed by atoms with van der Waals surface area (Å²) in [6, 6.07) is 13.1. The van der Waals surface area contributed by atoms with Gasteiger partial charge in [0.25, 0.3) is 0 Å². The van der Waals surface area contributed by atoms with Crippen molar-refractivity contribution in [3.8, 4) is 5.75 Å². The molecule has 0 radical (unpaired) electrons. The van der Waals surface area contributed by atoms with Gasteiger partial charge in [0.15, 0.2) is 0 Å². The van der Waals surface area contributed by atoms with Crippen LogP contribution in [0.4, 0.5) is 10.5 Å². The van der Waals surface area contributed by atoms with Crippen molar-refractivity contribution in [1.82, 2.24) is 9.80 Å². The average molecular weight is 394 g/mol. The van der Waals surface area contributed by atoms with Gasteiger partial charge in [0.1, 0.15) is 5.75 Å². The maximum atomic E-state index is 12.5. The van der Waals surface area contributed by atoms with Crippen LogP contribution < -0.4 is 10.1 Å². The number of anilines is 1. The third-order valence-corrected chi connectivity index (χ3v) is 5.21. The van der Waals surface area contributed by atoms with Crippen LogP contribution in [0.2, 0.25) is 10.0 Å². The first-order chi connectivity index (χ1) is 12.6. The highest BCUT2D eigenvalue weighted by molar-refractivity contribution is 6.43. The average Bonchev–Trinajstić information content (AvgIpc) is 2.66. The van der Waals surface area contributed by atoms with Crippen molar-refractivity contribution in [2.75, 3.05) is 38.6 Å². The first-order valence-electron chi connectivity index (χ1n) is 8.42. The number of benzene rings is 2. The summed E-state index contributed by atoms with van der Waals surface area (Å²) in [6.07, 6.45) is 0. The number of halogens is 2. The fraction of sp³-hybridized carbons (Fsp3) is 0.316. The van der Waals surface area contributed by atoms with Crippen molar-refractivity contribution in [2.45, 2.75) is 6.54 Å². The fourth-order valence-corrected chi connectivity index (χ4v) is 3.28. The topological polar surface area (TPSA) is 44.8 Å². The number of hydrogen-bond acceptors (Lipinski definition) is 3. The molecule has 1 saturated heterocycles. The minimum atomic E-state index is -0.157. The van der Waals surface area contributed by atoms with Crippen molar-refractivity contribution in [3.63, 3.8) is 0 Å². The summed E-state index contributed by atoms with van der Waals surface area (Å²) < 4.78 is 5.27. The molecule has 1 N–H and O–H groups in total. The standard InChI is InChI=1S/C19H21Cl2N3O2/c1-26-15-5-2-4-14(12-15)13-23-8-10-24(11-9-23)19(25)22-17-7-3-6-16(20)18(17)21/h2-7,12H,8-11,13H2,1H3,(H,22,25). The van der Waals surface area contributed by atoms with Crippen molar-refractivity contribution in [1.29, 1.82) is 0 Å². The molecule has 1 aliphatic heterocycles. The van der Waals surface area contributed by atoms with Crippen LogP contribution in [-0.2, 0) is 6.54 Å². The molecule has 2 amide bonds. The number of rotatable bonds is 4. The molecule has 5 nitrogen and oxygen atoms in total. The van der Waals surface area contributed by atoms with E-state index < -0.39 is 0 Å². The summed E-state index contributed by atoms with van der Waals surface area (Å²) in [5, 5.41) is 3.62. The zero-order chi connectivity index (χ0) is 18.5. The molecule has 1 fully saturated rings. The van der Waals surface area contributed by atoms with Gasteiger partial charge >= 0.3 is 6.03 Å². The summed E-state index contributed by atoms with van der Waals surface area (Å²) in [5.41, 5.74) is 1.73. The second-order valence-corrected chi connectivity index (χ2v) is 6.93. The summed E-state index contributed by atoms with van der Waals surface area (Å²) >= 11 is 12.1. The molecule has 0 aliphatic carbocycles. The van der Waals surface area contributed by atoms with Gasteiger partial charge in [0.05, 0.1) is 22.8 Å². The number of urea groups is 1. The van der Waals surface area contributed by atoms with Gasteiger partial charge in [-0.2, -0.15) is 0 Å². The molecular weight excluding hydrogens is 373 g/mol. The minimum Gasteiger partial charge on any atom is -0.497 e. The van der Waals surface area contributed by atoms with Crippen molar-refractivity contribution >= 4 is 34.9 Å². The van der Waals surface area contributed by atoms with Gasteiger partial charge in [0, 0.05) is 32.7 Å². The third kappa shape index (κ3) is 4.61. The van der Waals surface area contributed by atoms with E-state index >= 15 is 0 Å². The lowest BCUT2D eigenvalue weighted by Gasteiger charge is -2.34. The van der Waals surface area contributed by atoms with E-state index in [1.807, 2.05) is 18.2 Å². The van der Waals surface area contributed by atoms with Gasteiger partial charge in [-0.05, 0) is 29.8 Å². The molecule has 0 aromatic heterocycles. The molecule has 1 heterocycles. The van der Waals surface area contributed by atoms with Crippen molar-refractivity contribution in [3.05, 3.63) is 58.1 Å². The molecule has 0 atom stereocenters. The molecule has 0 bridgehead atoms. The van der Waals surface area contributed by atoms with E-state index in [0.29, 0.717) is 28.8 Å². The molecular formula is C19H21Cl2N3O2. The monoisotopic (exact) mass is 393 g/mol. The Bertz CT molecular complexity index is 777. The number of carbonyl (C=O) groups excluding carboxylic acids is 1. The van der Waals surface area contributed by atoms with Crippen molar-refractivity contribution in [2.24, 2.45) is 0 Å². The zero-order valence-corrected chi connectivity index (χ0v) is 16.1. The second-order valence-electron chi connectivity index (χ2n) is 6.15. The molecule has 2 aromatic rings. The quantitative estimate of drug-likeness (QED) is 0.839. The predicted molar refractivity (Wildman–Crippen MR) is 105 cm³/mol. The highest BCUT2D eigenvalue weighted by atomic mass is 35.5. The van der Waals surface area contributed by atoms with Gasteiger partial charge in [-0.3, -0.25) is 4.90 Å². The van der Waals surface area contributed by atoms with E-state index in [1.54, 1.807) is 30.2 Å². The highest BCUT2D eigenvalue weighted by Crippen LogP contribution is 2.29. The lowest BCUT2D eigenvalue weighted by atomic mass is 10.2. The van der Waals surface area contributed by atoms with Gasteiger partial charge in [0.2, 0.25) is 0 Å². The molecule has 0 spiro atoms. The number of piperazine rings is 1. The lowest BCUT2D eigenvalue weighted by Crippen LogP contribution is -2.49. The Labute approximate surface area is 163 Å². The van der Waals surface area contributed by atoms with E-state index in [4.69, 9.17) is 27.9 Å². The Morgan fingerprint density at radius 3 is 2.58 bits per heavy atom. The Kier molecular flexibility index (Phi) is 6.25. The van der Waals surface area contributed by atoms with E-state index in [1.165, 1.54) is 5.56 Å². The van der Waals surface area contributed by atoms with Gasteiger partial charge in [-0.15, -0.1) is 0 Å². The number of hydrogen-bond donors (Lipinski definition) is 1. The maximum absolute atomic E-state index is 12.5. The summed E-state index contributed by atoms with van der Waals surface area (Å²) in [6.45, 7) is 3.79. The first-order valence-corrected chi connectivity index (χ1v) is 9.17. The van der Waals surface area contributed by atoms with E-state index in [0.717, 1.165) is 25.4 Å². The number of carbonyl (C=O) groups is 1. The van der Waals surface area contributed by atoms with E-state index in [-0.39, 0.29) is 6.03 Å². The highest BCUT2D eigenvalue weighted by Gasteiger charge is 2.22. The molecule has 138 valence electrons. The maximum Gasteiger partial charge on any atom is 0.321 e. The Hall–Kier alpha value is -1.95. The van der Waals surface area contributed by atoms with Crippen LogP contribution >= 0.6 is 23.2 Å². The van der Waals surface area contributed by atoms with Crippen LogP contribution in [0.25, 0.3) is 0 Å². The summed E-state index contributed by atoms with van der Waals surface area (Å²) in [4.78, 5) is 16.6. The van der Waals surface area contributed by atoms with Crippen LogP contribution in [0.15, 0.2) is 42.5 Å². The number of amides is 2. The van der Waals surface area contributed by atoms with Crippen LogP contribution in [0.5, 0.6) is 5.75 Å². The van der Waals surface area contributed by atoms with Gasteiger partial charge < -0.3 is 15.0 Å². The molecule has 26 heavy (non-hydrogen) atoms. The number of methoxy groups -OCH3 is 1. The van der Waals surface area contributed by atoms with Gasteiger partial charge in [-0.1, -0.05) is 41.4 Å². The summed E-state index contributed by atoms with van der Waals surface area (Å²) in [5.74, 6) is 0.860. The molecule has 2 aromatic carbocycles. The SMILES string of the molecule is COc1cccc(CN2CCN(C(=O)Nc3cccc(Cl)c3Cl)CC2)c1. The molecule has 3 rings (SSSR count). The van der Waals surface area contributed by atoms with E-state index in [9.17, 15) is 4.79 Å². The summed E-state index contributed by atoms with van der Waals surface area (Å²) in [7, 11) is 1.67. The van der Waals surface area contributed by atoms with Crippen LogP contribution in [0, 0.1) is 0 Å². The van der Waals surface area contributed by atoms with Crippen molar-refractivity contribution < 1.29 is 9.53 Å².